The third kappa shape index (κ3) is 2.62. The minimum Gasteiger partial charge on any atom is -0.482 e. The molecule has 0 bridgehead atoms. The molecule has 70 valence electrons. The molecule has 1 rings (SSSR count). The third-order valence-electron chi connectivity index (χ3n) is 1.33. The molecule has 0 aromatic heterocycles. The fourth-order valence-corrected chi connectivity index (χ4v) is 0.743. The van der Waals surface area contributed by atoms with Crippen LogP contribution >= 0.6 is 0 Å². The van der Waals surface area contributed by atoms with E-state index in [4.69, 9.17) is 15.6 Å². The molecule has 0 fully saturated rings. The van der Waals surface area contributed by atoms with Crippen LogP contribution in [-0.4, -0.2) is 17.7 Å². The first-order chi connectivity index (χ1) is 6.09. The summed E-state index contributed by atoms with van der Waals surface area (Å²) in [6.07, 6.45) is 0. The number of ether oxygens (including phenoxy) is 1. The van der Waals surface area contributed by atoms with E-state index in [1.807, 2.05) is 0 Å². The van der Waals surface area contributed by atoms with Crippen LogP contribution < -0.4 is 10.5 Å². The van der Waals surface area contributed by atoms with Gasteiger partial charge in [0.1, 0.15) is 11.6 Å². The minimum absolute atomic E-state index is 0.00248. The highest BCUT2D eigenvalue weighted by Crippen LogP contribution is 2.17. The Labute approximate surface area is 73.7 Å². The number of benzene rings is 1. The first kappa shape index (κ1) is 9.31. The summed E-state index contributed by atoms with van der Waals surface area (Å²) in [5, 5.41) is 8.26. The number of anilines is 1. The molecule has 0 aliphatic heterocycles. The zero-order valence-electron chi connectivity index (χ0n) is 6.66. The first-order valence-electron chi connectivity index (χ1n) is 3.49. The van der Waals surface area contributed by atoms with Crippen molar-refractivity contribution in [1.29, 1.82) is 0 Å². The van der Waals surface area contributed by atoms with Gasteiger partial charge in [-0.05, 0) is 12.1 Å². The molecule has 4 nitrogen and oxygen atoms in total. The lowest BCUT2D eigenvalue weighted by molar-refractivity contribution is -0.139. The van der Waals surface area contributed by atoms with Crippen molar-refractivity contribution in [2.24, 2.45) is 0 Å². The summed E-state index contributed by atoms with van der Waals surface area (Å²) >= 11 is 0. The van der Waals surface area contributed by atoms with E-state index in [9.17, 15) is 9.18 Å². The van der Waals surface area contributed by atoms with Crippen molar-refractivity contribution >= 4 is 11.7 Å². The van der Waals surface area contributed by atoms with E-state index >= 15 is 0 Å². The Morgan fingerprint density at radius 3 is 2.85 bits per heavy atom. The van der Waals surface area contributed by atoms with Crippen LogP contribution in [0.15, 0.2) is 18.2 Å². The molecule has 5 heteroatoms. The van der Waals surface area contributed by atoms with Gasteiger partial charge in [0.25, 0.3) is 0 Å². The highest BCUT2D eigenvalue weighted by atomic mass is 19.1. The smallest absolute Gasteiger partial charge is 0.341 e. The van der Waals surface area contributed by atoms with Gasteiger partial charge in [0.2, 0.25) is 0 Å². The second-order valence-corrected chi connectivity index (χ2v) is 2.37. The van der Waals surface area contributed by atoms with E-state index in [-0.39, 0.29) is 11.4 Å². The van der Waals surface area contributed by atoms with Crippen molar-refractivity contribution in [1.82, 2.24) is 0 Å². The number of carboxylic acid groups (broad SMARTS) is 1. The van der Waals surface area contributed by atoms with Crippen molar-refractivity contribution < 1.29 is 19.0 Å². The topological polar surface area (TPSA) is 72.5 Å². The Bertz CT molecular complexity index is 327. The van der Waals surface area contributed by atoms with Gasteiger partial charge in [-0.15, -0.1) is 0 Å². The van der Waals surface area contributed by atoms with Gasteiger partial charge in [-0.25, -0.2) is 9.18 Å². The van der Waals surface area contributed by atoms with E-state index in [0.29, 0.717) is 0 Å². The number of hydrogen-bond donors (Lipinski definition) is 2. The van der Waals surface area contributed by atoms with E-state index in [0.717, 1.165) is 6.07 Å². The van der Waals surface area contributed by atoms with Crippen LogP contribution in [0.3, 0.4) is 0 Å². The second kappa shape index (κ2) is 3.75. The van der Waals surface area contributed by atoms with Crippen molar-refractivity contribution in [3.63, 3.8) is 0 Å². The van der Waals surface area contributed by atoms with Crippen LogP contribution in [-0.2, 0) is 4.79 Å². The van der Waals surface area contributed by atoms with Gasteiger partial charge >= 0.3 is 5.97 Å². The maximum atomic E-state index is 12.8. The molecule has 0 atom stereocenters. The average Bonchev–Trinajstić information content (AvgIpc) is 2.07. The van der Waals surface area contributed by atoms with E-state index in [1.165, 1.54) is 12.1 Å². The SMILES string of the molecule is Nc1ccc(OCC(=O)O)cc1F. The highest BCUT2D eigenvalue weighted by molar-refractivity contribution is 5.68. The largest absolute Gasteiger partial charge is 0.482 e. The average molecular weight is 185 g/mol. The van der Waals surface area contributed by atoms with Gasteiger partial charge in [0.15, 0.2) is 6.61 Å². The summed E-state index contributed by atoms with van der Waals surface area (Å²) in [6.45, 7) is -0.497. The molecule has 0 aliphatic carbocycles. The quantitative estimate of drug-likeness (QED) is 0.685. The summed E-state index contributed by atoms with van der Waals surface area (Å²) in [7, 11) is 0. The molecular formula is C8H8FNO3. The highest BCUT2D eigenvalue weighted by Gasteiger charge is 2.02. The lowest BCUT2D eigenvalue weighted by Gasteiger charge is -2.03. The van der Waals surface area contributed by atoms with Crippen molar-refractivity contribution in [3.05, 3.63) is 24.0 Å². The Morgan fingerprint density at radius 2 is 2.31 bits per heavy atom. The number of rotatable bonds is 3. The van der Waals surface area contributed by atoms with Crippen molar-refractivity contribution in [2.75, 3.05) is 12.3 Å². The number of halogens is 1. The Kier molecular flexibility index (Phi) is 2.69. The fourth-order valence-electron chi connectivity index (χ4n) is 0.743. The predicted octanol–water partition coefficient (Wildman–Crippen LogP) is 0.871. The summed E-state index contributed by atoms with van der Waals surface area (Å²) in [6, 6.07) is 3.76. The molecule has 0 heterocycles. The lowest BCUT2D eigenvalue weighted by atomic mass is 10.3. The predicted molar refractivity (Wildman–Crippen MR) is 43.9 cm³/mol. The number of aliphatic carboxylic acids is 1. The van der Waals surface area contributed by atoms with Gasteiger partial charge in [0, 0.05) is 6.07 Å². The fraction of sp³-hybridized carbons (Fsp3) is 0.125. The molecule has 1 aromatic rings. The van der Waals surface area contributed by atoms with Crippen LogP contribution in [0, 0.1) is 5.82 Å². The van der Waals surface area contributed by atoms with Crippen molar-refractivity contribution in [2.45, 2.75) is 0 Å². The monoisotopic (exact) mass is 185 g/mol. The van der Waals surface area contributed by atoms with E-state index in [2.05, 4.69) is 0 Å². The second-order valence-electron chi connectivity index (χ2n) is 2.37. The molecule has 0 radical (unpaired) electrons. The molecule has 0 amide bonds. The third-order valence-corrected chi connectivity index (χ3v) is 1.33. The molecule has 0 saturated heterocycles. The number of nitrogens with two attached hydrogens (primary N) is 1. The molecule has 3 N–H and O–H groups in total. The minimum atomic E-state index is -1.11. The number of carbonyl (C=O) groups is 1. The van der Waals surface area contributed by atoms with Crippen LogP contribution in [0.2, 0.25) is 0 Å². The van der Waals surface area contributed by atoms with E-state index in [1.54, 1.807) is 0 Å². The van der Waals surface area contributed by atoms with Crippen LogP contribution in [0.25, 0.3) is 0 Å². The molecule has 0 spiro atoms. The molecular weight excluding hydrogens is 177 g/mol. The van der Waals surface area contributed by atoms with E-state index < -0.39 is 18.4 Å². The normalized spacial score (nSPS) is 9.62. The molecule has 13 heavy (non-hydrogen) atoms. The zero-order chi connectivity index (χ0) is 9.84. The Morgan fingerprint density at radius 1 is 1.62 bits per heavy atom. The summed E-state index contributed by atoms with van der Waals surface area (Å²) in [5.74, 6) is -1.59. The summed E-state index contributed by atoms with van der Waals surface area (Å²) in [4.78, 5) is 10.1. The van der Waals surface area contributed by atoms with Gasteiger partial charge in [-0.3, -0.25) is 0 Å². The summed E-state index contributed by atoms with van der Waals surface area (Å²) in [5.41, 5.74) is 5.20. The first-order valence-corrected chi connectivity index (χ1v) is 3.49. The van der Waals surface area contributed by atoms with Gasteiger partial charge in [-0.1, -0.05) is 0 Å². The molecule has 0 aliphatic rings. The van der Waals surface area contributed by atoms with Gasteiger partial charge < -0.3 is 15.6 Å². The lowest BCUT2D eigenvalue weighted by Crippen LogP contribution is -2.09. The maximum absolute atomic E-state index is 12.8. The van der Waals surface area contributed by atoms with Gasteiger partial charge in [0.05, 0.1) is 5.69 Å². The van der Waals surface area contributed by atoms with Crippen LogP contribution in [0.5, 0.6) is 5.75 Å². The van der Waals surface area contributed by atoms with Gasteiger partial charge in [-0.2, -0.15) is 0 Å². The molecule has 1 aromatic carbocycles. The maximum Gasteiger partial charge on any atom is 0.341 e. The Balaban J connectivity index is 2.68. The number of carboxylic acids is 1. The van der Waals surface area contributed by atoms with Crippen molar-refractivity contribution in [3.8, 4) is 5.75 Å². The molecule has 0 unspecified atom stereocenters. The molecule has 0 saturated carbocycles. The van der Waals surface area contributed by atoms with Crippen LogP contribution in [0.4, 0.5) is 10.1 Å². The Hall–Kier alpha value is -1.78. The zero-order valence-corrected chi connectivity index (χ0v) is 6.66. The van der Waals surface area contributed by atoms with Crippen LogP contribution in [0.1, 0.15) is 0 Å². The summed E-state index contributed by atoms with van der Waals surface area (Å²) < 4.78 is 17.5. The standard InChI is InChI=1S/C8H8FNO3/c9-6-3-5(1-2-7(6)10)13-4-8(11)12/h1-3H,4,10H2,(H,11,12). The number of nitrogen functional groups attached to an aromatic ring is 1. The number of hydrogen-bond acceptors (Lipinski definition) is 3.